The second-order valence-electron chi connectivity index (χ2n) is 11.5. The number of hydrogen-bond donors (Lipinski definition) is 0. The molecule has 1 atom stereocenters. The summed E-state index contributed by atoms with van der Waals surface area (Å²) in [5, 5.41) is 14.8. The normalized spacial score (nSPS) is 17.3. The number of para-hydroxylation sites is 1. The molecule has 6 nitrogen and oxygen atoms in total. The van der Waals surface area contributed by atoms with Gasteiger partial charge in [0.15, 0.2) is 5.82 Å². The van der Waals surface area contributed by atoms with Gasteiger partial charge in [0.2, 0.25) is 0 Å². The van der Waals surface area contributed by atoms with Crippen molar-refractivity contribution in [2.45, 2.75) is 65.6 Å². The number of nitrogens with zero attached hydrogens (tertiary/aromatic N) is 6. The molecule has 178 valence electrons. The maximum absolute atomic E-state index is 4.69. The summed E-state index contributed by atoms with van der Waals surface area (Å²) in [6.45, 7) is 13.2. The molecule has 6 heteroatoms. The zero-order valence-corrected chi connectivity index (χ0v) is 21.3. The minimum absolute atomic E-state index is 0.0180. The van der Waals surface area contributed by atoms with Crippen molar-refractivity contribution < 1.29 is 0 Å². The van der Waals surface area contributed by atoms with Crippen LogP contribution in [-0.4, -0.2) is 36.2 Å². The largest absolute Gasteiger partial charge is 0.346 e. The molecule has 2 aromatic heterocycles. The number of fused-ring (bicyclic) bond motifs is 3. The lowest BCUT2D eigenvalue weighted by atomic mass is 9.81. The molecule has 4 aromatic rings. The molecule has 0 radical (unpaired) electrons. The van der Waals surface area contributed by atoms with Crippen molar-refractivity contribution in [3.8, 4) is 0 Å². The van der Waals surface area contributed by atoms with E-state index in [1.165, 1.54) is 27.7 Å². The van der Waals surface area contributed by atoms with Crippen LogP contribution in [0.2, 0.25) is 0 Å². The molecule has 0 bridgehead atoms. The van der Waals surface area contributed by atoms with Gasteiger partial charge in [-0.05, 0) is 59.7 Å². The highest BCUT2D eigenvalue weighted by molar-refractivity contribution is 5.86. The van der Waals surface area contributed by atoms with Gasteiger partial charge in [0.25, 0.3) is 0 Å². The van der Waals surface area contributed by atoms with Gasteiger partial charge in [-0.2, -0.15) is 0 Å². The Morgan fingerprint density at radius 1 is 0.941 bits per heavy atom. The van der Waals surface area contributed by atoms with Gasteiger partial charge < -0.3 is 4.57 Å². The summed E-state index contributed by atoms with van der Waals surface area (Å²) in [5.74, 6) is 0.928. The SMILES string of the molecule is Cn1c2c(c3ccccc31)CCN(Cc1ccccc1)C2c1nnnn1C(C)(C)CC(C)(C)C. The van der Waals surface area contributed by atoms with Crippen molar-refractivity contribution >= 4 is 10.9 Å². The van der Waals surface area contributed by atoms with Crippen LogP contribution in [0.4, 0.5) is 0 Å². The van der Waals surface area contributed by atoms with Crippen LogP contribution in [0.25, 0.3) is 10.9 Å². The maximum atomic E-state index is 4.69. The van der Waals surface area contributed by atoms with Crippen LogP contribution < -0.4 is 0 Å². The fraction of sp³-hybridized carbons (Fsp3) is 0.464. The Morgan fingerprint density at radius 3 is 2.38 bits per heavy atom. The van der Waals surface area contributed by atoms with E-state index >= 15 is 0 Å². The van der Waals surface area contributed by atoms with E-state index in [2.05, 4.69) is 126 Å². The van der Waals surface area contributed by atoms with Crippen molar-refractivity contribution in [1.82, 2.24) is 29.7 Å². The Kier molecular flexibility index (Phi) is 5.59. The molecule has 0 saturated carbocycles. The fourth-order valence-electron chi connectivity index (χ4n) is 6.10. The second kappa shape index (κ2) is 8.35. The number of tetrazole rings is 1. The first kappa shape index (κ1) is 22.8. The molecule has 5 rings (SSSR count). The van der Waals surface area contributed by atoms with E-state index < -0.39 is 0 Å². The second-order valence-corrected chi connectivity index (χ2v) is 11.5. The van der Waals surface area contributed by atoms with Crippen molar-refractivity contribution in [1.29, 1.82) is 0 Å². The van der Waals surface area contributed by atoms with Crippen LogP contribution in [0.15, 0.2) is 54.6 Å². The smallest absolute Gasteiger partial charge is 0.175 e. The van der Waals surface area contributed by atoms with Crippen molar-refractivity contribution in [3.05, 3.63) is 77.2 Å². The fourth-order valence-corrected chi connectivity index (χ4v) is 6.10. The lowest BCUT2D eigenvalue weighted by molar-refractivity contribution is 0.154. The minimum Gasteiger partial charge on any atom is -0.346 e. The van der Waals surface area contributed by atoms with Crippen molar-refractivity contribution in [2.24, 2.45) is 12.5 Å². The number of rotatable bonds is 5. The van der Waals surface area contributed by atoms with Gasteiger partial charge in [-0.3, -0.25) is 4.90 Å². The van der Waals surface area contributed by atoms with Crippen LogP contribution in [0.3, 0.4) is 0 Å². The van der Waals surface area contributed by atoms with E-state index in [9.17, 15) is 0 Å². The Labute approximate surface area is 202 Å². The van der Waals surface area contributed by atoms with Gasteiger partial charge in [0.05, 0.1) is 5.54 Å². The highest BCUT2D eigenvalue weighted by atomic mass is 15.6. The zero-order chi connectivity index (χ0) is 24.1. The number of hydrogen-bond acceptors (Lipinski definition) is 4. The van der Waals surface area contributed by atoms with Crippen LogP contribution in [0.5, 0.6) is 0 Å². The van der Waals surface area contributed by atoms with E-state index in [1.807, 2.05) is 0 Å². The topological polar surface area (TPSA) is 51.8 Å². The third-order valence-electron chi connectivity index (χ3n) is 7.04. The lowest BCUT2D eigenvalue weighted by Crippen LogP contribution is -2.41. The summed E-state index contributed by atoms with van der Waals surface area (Å²) in [6, 6.07) is 19.5. The first-order valence-electron chi connectivity index (χ1n) is 12.3. The van der Waals surface area contributed by atoms with Crippen LogP contribution in [-0.2, 0) is 25.6 Å². The van der Waals surface area contributed by atoms with E-state index in [-0.39, 0.29) is 17.0 Å². The highest BCUT2D eigenvalue weighted by Crippen LogP contribution is 2.42. The Balaban J connectivity index is 1.67. The molecule has 1 aliphatic heterocycles. The summed E-state index contributed by atoms with van der Waals surface area (Å²) < 4.78 is 4.45. The average Bonchev–Trinajstić information content (AvgIpc) is 3.38. The van der Waals surface area contributed by atoms with Crippen LogP contribution in [0, 0.1) is 5.41 Å². The van der Waals surface area contributed by atoms with E-state index in [0.29, 0.717) is 0 Å². The van der Waals surface area contributed by atoms with Gasteiger partial charge in [-0.25, -0.2) is 4.68 Å². The molecule has 2 aromatic carbocycles. The predicted molar refractivity (Wildman–Crippen MR) is 137 cm³/mol. The molecule has 3 heterocycles. The van der Waals surface area contributed by atoms with Gasteiger partial charge in [0, 0.05) is 36.7 Å². The summed E-state index contributed by atoms with van der Waals surface area (Å²) in [5.41, 5.74) is 5.27. The standard InChI is InChI=1S/C28H36N6/c1-27(2,3)19-28(4,5)34-26(29-30-31-34)25-24-22(21-14-10-11-15-23(21)32(24)6)16-17-33(25)18-20-12-8-7-9-13-20/h7-15,25H,16-19H2,1-6H3. The van der Waals surface area contributed by atoms with E-state index in [0.717, 1.165) is 31.8 Å². The number of aryl methyl sites for hydroxylation is 1. The molecule has 0 N–H and O–H groups in total. The van der Waals surface area contributed by atoms with Crippen molar-refractivity contribution in [3.63, 3.8) is 0 Å². The Bertz CT molecular complexity index is 1290. The minimum atomic E-state index is -0.211. The monoisotopic (exact) mass is 456 g/mol. The lowest BCUT2D eigenvalue weighted by Gasteiger charge is -2.39. The molecular formula is C28H36N6. The molecule has 0 fully saturated rings. The summed E-state index contributed by atoms with van der Waals surface area (Å²) in [7, 11) is 2.19. The summed E-state index contributed by atoms with van der Waals surface area (Å²) in [4.78, 5) is 2.55. The molecule has 0 amide bonds. The molecule has 1 aliphatic rings. The molecule has 0 aliphatic carbocycles. The first-order valence-corrected chi connectivity index (χ1v) is 12.3. The molecular weight excluding hydrogens is 420 g/mol. The molecule has 0 saturated heterocycles. The summed E-state index contributed by atoms with van der Waals surface area (Å²) in [6.07, 6.45) is 2.00. The molecule has 1 unspecified atom stereocenters. The molecule has 34 heavy (non-hydrogen) atoms. The van der Waals surface area contributed by atoms with Crippen LogP contribution >= 0.6 is 0 Å². The quantitative estimate of drug-likeness (QED) is 0.399. The Hall–Kier alpha value is -2.99. The number of aromatic nitrogens is 5. The zero-order valence-electron chi connectivity index (χ0n) is 21.3. The average molecular weight is 457 g/mol. The summed E-state index contributed by atoms with van der Waals surface area (Å²) >= 11 is 0. The van der Waals surface area contributed by atoms with Gasteiger partial charge in [-0.15, -0.1) is 5.10 Å². The predicted octanol–water partition coefficient (Wildman–Crippen LogP) is 5.48. The number of benzene rings is 2. The highest BCUT2D eigenvalue weighted by Gasteiger charge is 2.40. The molecule has 0 spiro atoms. The first-order chi connectivity index (χ1) is 16.2. The Morgan fingerprint density at radius 2 is 1.65 bits per heavy atom. The van der Waals surface area contributed by atoms with Crippen LogP contribution in [0.1, 0.15) is 69.7 Å². The third kappa shape index (κ3) is 4.05. The van der Waals surface area contributed by atoms with Gasteiger partial charge in [0.1, 0.15) is 6.04 Å². The van der Waals surface area contributed by atoms with Gasteiger partial charge >= 0.3 is 0 Å². The van der Waals surface area contributed by atoms with E-state index in [1.54, 1.807) is 0 Å². The van der Waals surface area contributed by atoms with Crippen molar-refractivity contribution in [2.75, 3.05) is 6.54 Å². The van der Waals surface area contributed by atoms with E-state index in [4.69, 9.17) is 0 Å². The third-order valence-corrected chi connectivity index (χ3v) is 7.04. The van der Waals surface area contributed by atoms with Gasteiger partial charge in [-0.1, -0.05) is 69.3 Å². The maximum Gasteiger partial charge on any atom is 0.175 e.